The highest BCUT2D eigenvalue weighted by Crippen LogP contribution is 2.17. The molecule has 0 atom stereocenters. The number of carbonyl (C=O) groups is 1. The number of nitrogens with zero attached hydrogens (tertiary/aromatic N) is 1. The first-order chi connectivity index (χ1) is 11.4. The zero-order chi connectivity index (χ0) is 17.3. The summed E-state index contributed by atoms with van der Waals surface area (Å²) in [6, 6.07) is 13.1. The number of carboxylic acid groups (broad SMARTS) is 1. The van der Waals surface area contributed by atoms with Gasteiger partial charge in [0.2, 0.25) is 0 Å². The van der Waals surface area contributed by atoms with Crippen molar-refractivity contribution in [1.82, 2.24) is 4.57 Å². The Morgan fingerprint density at radius 3 is 2.54 bits per heavy atom. The van der Waals surface area contributed by atoms with Gasteiger partial charge < -0.3 is 9.67 Å². The van der Waals surface area contributed by atoms with Crippen LogP contribution in [0, 0.1) is 6.92 Å². The zero-order valence-electron chi connectivity index (χ0n) is 13.1. The second kappa shape index (κ2) is 6.49. The molecule has 5 heteroatoms. The van der Waals surface area contributed by atoms with Crippen LogP contribution in [0.5, 0.6) is 0 Å². The van der Waals surface area contributed by atoms with E-state index in [0.29, 0.717) is 17.0 Å². The molecule has 1 N–H and O–H groups in total. The van der Waals surface area contributed by atoms with Gasteiger partial charge in [0.1, 0.15) is 0 Å². The van der Waals surface area contributed by atoms with Crippen LogP contribution in [0.3, 0.4) is 0 Å². The normalized spacial score (nSPS) is 10.9. The first-order valence-electron chi connectivity index (χ1n) is 7.53. The van der Waals surface area contributed by atoms with E-state index in [1.165, 1.54) is 0 Å². The van der Waals surface area contributed by atoms with Crippen LogP contribution in [0.25, 0.3) is 10.9 Å². The topological polar surface area (TPSA) is 59.3 Å². The molecular weight excluding hydrogens is 326 g/mol. The lowest BCUT2D eigenvalue weighted by molar-refractivity contribution is -0.136. The summed E-state index contributed by atoms with van der Waals surface area (Å²) in [7, 11) is 0. The molecule has 24 heavy (non-hydrogen) atoms. The van der Waals surface area contributed by atoms with Crippen molar-refractivity contribution in [2.45, 2.75) is 19.9 Å². The Labute approximate surface area is 143 Å². The summed E-state index contributed by atoms with van der Waals surface area (Å²) in [4.78, 5) is 23.6. The van der Waals surface area contributed by atoms with E-state index in [1.54, 1.807) is 12.3 Å². The fourth-order valence-corrected chi connectivity index (χ4v) is 2.90. The lowest BCUT2D eigenvalue weighted by Gasteiger charge is -2.14. The Hall–Kier alpha value is -2.59. The summed E-state index contributed by atoms with van der Waals surface area (Å²) in [5.74, 6) is -1.02. The highest BCUT2D eigenvalue weighted by Gasteiger charge is 2.12. The van der Waals surface area contributed by atoms with Gasteiger partial charge in [-0.05, 0) is 36.8 Å². The Kier molecular flexibility index (Phi) is 4.40. The summed E-state index contributed by atoms with van der Waals surface area (Å²) >= 11 is 5.92. The number of halogens is 1. The van der Waals surface area contributed by atoms with Crippen molar-refractivity contribution in [1.29, 1.82) is 0 Å². The minimum Gasteiger partial charge on any atom is -0.481 e. The maximum atomic E-state index is 12.6. The molecule has 3 aromatic rings. The van der Waals surface area contributed by atoms with Crippen molar-refractivity contribution >= 4 is 28.5 Å². The smallest absolute Gasteiger partial charge is 0.308 e. The van der Waals surface area contributed by atoms with Crippen molar-refractivity contribution < 1.29 is 9.90 Å². The molecule has 0 aliphatic carbocycles. The Bertz CT molecular complexity index is 974. The van der Waals surface area contributed by atoms with Crippen LogP contribution in [-0.4, -0.2) is 15.6 Å². The molecule has 3 rings (SSSR count). The number of pyridine rings is 1. The number of rotatable bonds is 4. The maximum absolute atomic E-state index is 12.6. The van der Waals surface area contributed by atoms with Crippen molar-refractivity contribution in [3.8, 4) is 0 Å². The fraction of sp³-hybridized carbons (Fsp3) is 0.158. The monoisotopic (exact) mass is 341 g/mol. The predicted molar refractivity (Wildman–Crippen MR) is 94.8 cm³/mol. The van der Waals surface area contributed by atoms with Crippen LogP contribution in [0.2, 0.25) is 5.02 Å². The van der Waals surface area contributed by atoms with Crippen LogP contribution in [0.15, 0.2) is 53.5 Å². The van der Waals surface area contributed by atoms with Gasteiger partial charge in [0.05, 0.1) is 11.9 Å². The lowest BCUT2D eigenvalue weighted by Crippen LogP contribution is -2.18. The number of fused-ring (bicyclic) bond motifs is 1. The third kappa shape index (κ3) is 3.34. The number of hydrogen-bond acceptors (Lipinski definition) is 2. The predicted octanol–water partition coefficient (Wildman–Crippen LogP) is 3.64. The van der Waals surface area contributed by atoms with E-state index in [4.69, 9.17) is 16.7 Å². The van der Waals surface area contributed by atoms with E-state index < -0.39 is 5.97 Å². The Morgan fingerprint density at radius 2 is 1.88 bits per heavy atom. The van der Waals surface area contributed by atoms with Crippen LogP contribution in [0.1, 0.15) is 16.7 Å². The number of aromatic nitrogens is 1. The molecule has 0 unspecified atom stereocenters. The van der Waals surface area contributed by atoms with Crippen molar-refractivity contribution in [3.05, 3.63) is 80.6 Å². The number of aliphatic carboxylic acids is 1. The van der Waals surface area contributed by atoms with E-state index >= 15 is 0 Å². The molecule has 1 heterocycles. The van der Waals surface area contributed by atoms with Gasteiger partial charge >= 0.3 is 5.97 Å². The molecule has 0 bridgehead atoms. The molecule has 2 aromatic carbocycles. The van der Waals surface area contributed by atoms with Crippen molar-refractivity contribution in [2.75, 3.05) is 0 Å². The minimum absolute atomic E-state index is 0.219. The number of aryl methyl sites for hydroxylation is 1. The highest BCUT2D eigenvalue weighted by atomic mass is 35.5. The maximum Gasteiger partial charge on any atom is 0.308 e. The summed E-state index contributed by atoms with van der Waals surface area (Å²) in [6.45, 7) is 2.44. The highest BCUT2D eigenvalue weighted by molar-refractivity contribution is 6.30. The second-order valence-corrected chi connectivity index (χ2v) is 6.27. The third-order valence-electron chi connectivity index (χ3n) is 3.92. The largest absolute Gasteiger partial charge is 0.481 e. The summed E-state index contributed by atoms with van der Waals surface area (Å²) in [5.41, 5.74) is 2.84. The van der Waals surface area contributed by atoms with E-state index in [1.807, 2.05) is 47.9 Å². The van der Waals surface area contributed by atoms with Crippen LogP contribution in [-0.2, 0) is 17.8 Å². The first-order valence-corrected chi connectivity index (χ1v) is 7.91. The number of carboxylic acids is 1. The molecule has 1 aromatic heterocycles. The van der Waals surface area contributed by atoms with Gasteiger partial charge in [0.25, 0.3) is 0 Å². The average molecular weight is 342 g/mol. The number of benzene rings is 2. The lowest BCUT2D eigenvalue weighted by atomic mass is 10.1. The molecule has 0 amide bonds. The molecule has 0 aliphatic rings. The van der Waals surface area contributed by atoms with Gasteiger partial charge in [-0.2, -0.15) is 0 Å². The van der Waals surface area contributed by atoms with E-state index in [0.717, 1.165) is 16.6 Å². The van der Waals surface area contributed by atoms with Gasteiger partial charge in [-0.1, -0.05) is 35.4 Å². The third-order valence-corrected chi connectivity index (χ3v) is 4.17. The van der Waals surface area contributed by atoms with Gasteiger partial charge in [0, 0.05) is 28.7 Å². The Balaban J connectivity index is 2.17. The molecule has 0 spiro atoms. The summed E-state index contributed by atoms with van der Waals surface area (Å²) in [6.07, 6.45) is 1.35. The molecule has 0 saturated heterocycles. The zero-order valence-corrected chi connectivity index (χ0v) is 13.9. The molecule has 122 valence electrons. The molecule has 0 saturated carbocycles. The molecule has 0 radical (unpaired) electrons. The summed E-state index contributed by atoms with van der Waals surface area (Å²) in [5, 5.41) is 10.3. The average Bonchev–Trinajstić information content (AvgIpc) is 2.53. The molecule has 0 aliphatic heterocycles. The first kappa shape index (κ1) is 16.3. The van der Waals surface area contributed by atoms with Gasteiger partial charge in [0.15, 0.2) is 5.43 Å². The fourth-order valence-electron chi connectivity index (χ4n) is 2.78. The van der Waals surface area contributed by atoms with Crippen LogP contribution < -0.4 is 5.43 Å². The quantitative estimate of drug-likeness (QED) is 0.788. The molecule has 0 fully saturated rings. The van der Waals surface area contributed by atoms with Crippen molar-refractivity contribution in [2.24, 2.45) is 0 Å². The number of hydrogen-bond donors (Lipinski definition) is 1. The van der Waals surface area contributed by atoms with Crippen molar-refractivity contribution in [3.63, 3.8) is 0 Å². The van der Waals surface area contributed by atoms with E-state index in [9.17, 15) is 9.59 Å². The summed E-state index contributed by atoms with van der Waals surface area (Å²) < 4.78 is 1.91. The Morgan fingerprint density at radius 1 is 1.17 bits per heavy atom. The van der Waals surface area contributed by atoms with Crippen LogP contribution in [0.4, 0.5) is 0 Å². The van der Waals surface area contributed by atoms with Gasteiger partial charge in [-0.25, -0.2) is 0 Å². The second-order valence-electron chi connectivity index (χ2n) is 5.83. The van der Waals surface area contributed by atoms with Gasteiger partial charge in [-0.3, -0.25) is 9.59 Å². The standard InChI is InChI=1S/C19H16ClNO3/c1-12-2-7-17-16(8-12)19(24)14(9-18(22)23)11-21(17)10-13-3-5-15(20)6-4-13/h2-8,11H,9-10H2,1H3,(H,22,23). The van der Waals surface area contributed by atoms with Crippen LogP contribution >= 0.6 is 11.6 Å². The molecular formula is C19H16ClNO3. The van der Waals surface area contributed by atoms with Gasteiger partial charge in [-0.15, -0.1) is 0 Å². The SMILES string of the molecule is Cc1ccc2c(c1)c(=O)c(CC(=O)O)cn2Cc1ccc(Cl)cc1. The minimum atomic E-state index is -1.02. The molecule has 4 nitrogen and oxygen atoms in total. The van der Waals surface area contributed by atoms with E-state index in [2.05, 4.69) is 0 Å². The van der Waals surface area contributed by atoms with E-state index in [-0.39, 0.29) is 17.4 Å².